The predicted octanol–water partition coefficient (Wildman–Crippen LogP) is 4.23. The Labute approximate surface area is 171 Å². The molecule has 8 heteroatoms. The van der Waals surface area contributed by atoms with E-state index in [-0.39, 0.29) is 27.6 Å². The topological polar surface area (TPSA) is 101 Å². The zero-order chi connectivity index (χ0) is 21.1. The highest BCUT2D eigenvalue weighted by Crippen LogP contribution is 2.30. The Bertz CT molecular complexity index is 1160. The zero-order valence-electron chi connectivity index (χ0n) is 15.8. The van der Waals surface area contributed by atoms with Crippen LogP contribution in [-0.2, 0) is 6.54 Å². The van der Waals surface area contributed by atoms with Gasteiger partial charge in [0.1, 0.15) is 11.4 Å². The van der Waals surface area contributed by atoms with E-state index < -0.39 is 11.5 Å². The van der Waals surface area contributed by atoms with Crippen LogP contribution in [0.2, 0.25) is 5.02 Å². The lowest BCUT2D eigenvalue weighted by molar-refractivity contribution is 0.0696. The molecule has 2 aromatic carbocycles. The van der Waals surface area contributed by atoms with E-state index in [1.165, 1.54) is 29.8 Å². The number of carbonyl (C=O) groups excluding carboxylic acids is 1. The minimum Gasteiger partial charge on any atom is -0.478 e. The molecule has 148 valence electrons. The summed E-state index contributed by atoms with van der Waals surface area (Å²) in [6.45, 7) is 3.44. The Morgan fingerprint density at radius 2 is 1.86 bits per heavy atom. The van der Waals surface area contributed by atoms with Crippen molar-refractivity contribution in [1.29, 1.82) is 0 Å². The molecule has 0 amide bonds. The highest BCUT2D eigenvalue weighted by atomic mass is 35.5. The number of anilines is 2. The molecule has 0 unspecified atom stereocenters. The number of Topliss-reactive ketones (excluding diaryl/α,β-unsaturated/α-hetero) is 1. The fourth-order valence-corrected chi connectivity index (χ4v) is 3.15. The van der Waals surface area contributed by atoms with Gasteiger partial charge in [0, 0.05) is 12.1 Å². The van der Waals surface area contributed by atoms with Crippen LogP contribution in [0.1, 0.15) is 34.6 Å². The number of carbonyl (C=O) groups is 2. The summed E-state index contributed by atoms with van der Waals surface area (Å²) in [5, 5.41) is 16.5. The number of nitrogens with one attached hydrogen (secondary N) is 1. The second-order valence-electron chi connectivity index (χ2n) is 6.27. The number of aromatic nitrogens is 2. The molecule has 0 bridgehead atoms. The smallest absolute Gasteiger partial charge is 0.335 e. The van der Waals surface area contributed by atoms with Crippen molar-refractivity contribution in [2.75, 3.05) is 5.32 Å². The van der Waals surface area contributed by atoms with Gasteiger partial charge in [0.25, 0.3) is 5.56 Å². The molecule has 2 N–H and O–H groups in total. The Balaban J connectivity index is 2.24. The number of hydrogen-bond acceptors (Lipinski definition) is 5. The number of aromatic carboxylic acids is 1. The molecule has 7 nitrogen and oxygen atoms in total. The predicted molar refractivity (Wildman–Crippen MR) is 111 cm³/mol. The van der Waals surface area contributed by atoms with E-state index in [0.29, 0.717) is 23.5 Å². The first kappa shape index (κ1) is 20.3. The second kappa shape index (κ2) is 8.28. The van der Waals surface area contributed by atoms with Crippen LogP contribution in [0.5, 0.6) is 0 Å². The molecular weight excluding hydrogens is 394 g/mol. The van der Waals surface area contributed by atoms with E-state index in [4.69, 9.17) is 16.7 Å². The van der Waals surface area contributed by atoms with Gasteiger partial charge in [0.2, 0.25) is 0 Å². The molecular formula is C21H18ClN3O4. The van der Waals surface area contributed by atoms with Crippen molar-refractivity contribution in [3.63, 3.8) is 0 Å². The number of carboxylic acid groups (broad SMARTS) is 1. The average molecular weight is 412 g/mol. The molecule has 0 saturated carbocycles. The fourth-order valence-electron chi connectivity index (χ4n) is 2.93. The van der Waals surface area contributed by atoms with Gasteiger partial charge in [-0.25, -0.2) is 9.48 Å². The van der Waals surface area contributed by atoms with Gasteiger partial charge >= 0.3 is 5.97 Å². The molecule has 0 aliphatic carbocycles. The van der Waals surface area contributed by atoms with E-state index >= 15 is 0 Å². The van der Waals surface area contributed by atoms with Crippen molar-refractivity contribution in [2.24, 2.45) is 0 Å². The molecule has 0 aliphatic heterocycles. The van der Waals surface area contributed by atoms with Gasteiger partial charge in [-0.3, -0.25) is 9.59 Å². The van der Waals surface area contributed by atoms with E-state index in [1.54, 1.807) is 19.1 Å². The lowest BCUT2D eigenvalue weighted by atomic mass is 10.0. The van der Waals surface area contributed by atoms with Crippen molar-refractivity contribution in [2.45, 2.75) is 20.4 Å². The van der Waals surface area contributed by atoms with Gasteiger partial charge < -0.3 is 10.4 Å². The maximum absolute atomic E-state index is 12.9. The zero-order valence-corrected chi connectivity index (χ0v) is 16.5. The van der Waals surface area contributed by atoms with Crippen molar-refractivity contribution in [3.8, 4) is 11.3 Å². The van der Waals surface area contributed by atoms with Crippen molar-refractivity contribution in [3.05, 3.63) is 75.0 Å². The number of ketones is 1. The van der Waals surface area contributed by atoms with Gasteiger partial charge in [-0.1, -0.05) is 41.9 Å². The summed E-state index contributed by atoms with van der Waals surface area (Å²) in [5.41, 5.74) is 1.09. The summed E-state index contributed by atoms with van der Waals surface area (Å²) >= 11 is 6.20. The normalized spacial score (nSPS) is 10.6. The first-order valence-electron chi connectivity index (χ1n) is 8.84. The number of aryl methyl sites for hydroxylation is 1. The average Bonchev–Trinajstić information content (AvgIpc) is 2.70. The van der Waals surface area contributed by atoms with Crippen LogP contribution in [-0.4, -0.2) is 26.6 Å². The maximum Gasteiger partial charge on any atom is 0.335 e. The lowest BCUT2D eigenvalue weighted by Gasteiger charge is -2.17. The molecule has 0 aliphatic rings. The van der Waals surface area contributed by atoms with Crippen LogP contribution in [0, 0.1) is 0 Å². The minimum atomic E-state index is -1.12. The molecule has 3 aromatic rings. The largest absolute Gasteiger partial charge is 0.478 e. The summed E-state index contributed by atoms with van der Waals surface area (Å²) < 4.78 is 1.26. The van der Waals surface area contributed by atoms with Crippen molar-refractivity contribution in [1.82, 2.24) is 9.78 Å². The van der Waals surface area contributed by atoms with Gasteiger partial charge in [-0.2, -0.15) is 5.10 Å². The molecule has 29 heavy (non-hydrogen) atoms. The van der Waals surface area contributed by atoms with Crippen LogP contribution >= 0.6 is 11.6 Å². The molecule has 0 atom stereocenters. The third kappa shape index (κ3) is 4.05. The Morgan fingerprint density at radius 3 is 2.41 bits per heavy atom. The van der Waals surface area contributed by atoms with Crippen LogP contribution in [0.4, 0.5) is 11.4 Å². The Hall–Kier alpha value is -3.45. The third-order valence-electron chi connectivity index (χ3n) is 4.33. The number of rotatable bonds is 6. The Morgan fingerprint density at radius 1 is 1.17 bits per heavy atom. The summed E-state index contributed by atoms with van der Waals surface area (Å²) in [6, 6.07) is 13.2. The molecule has 0 radical (unpaired) electrons. The van der Waals surface area contributed by atoms with Crippen LogP contribution in [0.15, 0.2) is 53.3 Å². The van der Waals surface area contributed by atoms with Gasteiger partial charge in [0.05, 0.1) is 21.8 Å². The van der Waals surface area contributed by atoms with E-state index in [9.17, 15) is 14.4 Å². The first-order valence-corrected chi connectivity index (χ1v) is 9.22. The first-order chi connectivity index (χ1) is 13.8. The molecule has 0 saturated heterocycles. The quantitative estimate of drug-likeness (QED) is 0.588. The summed E-state index contributed by atoms with van der Waals surface area (Å²) in [7, 11) is 0. The van der Waals surface area contributed by atoms with Crippen molar-refractivity contribution >= 4 is 34.7 Å². The van der Waals surface area contributed by atoms with E-state index in [0.717, 1.165) is 0 Å². The number of nitrogens with zero attached hydrogens (tertiary/aromatic N) is 2. The van der Waals surface area contributed by atoms with E-state index in [1.807, 2.05) is 18.2 Å². The summed E-state index contributed by atoms with van der Waals surface area (Å²) in [5.74, 6) is -1.45. The highest BCUT2D eigenvalue weighted by Gasteiger charge is 2.22. The van der Waals surface area contributed by atoms with Crippen LogP contribution in [0.3, 0.4) is 0 Å². The van der Waals surface area contributed by atoms with Crippen LogP contribution < -0.4 is 10.9 Å². The standard InChI is InChI=1S/C21H18ClN3O4/c1-3-25-20(27)19(23-16-10-9-14(21(28)29)11-15(16)22)17(12(2)26)18(24-25)13-7-5-4-6-8-13/h4-11,23H,3H2,1-2H3,(H,28,29). The summed E-state index contributed by atoms with van der Waals surface area (Å²) in [4.78, 5) is 36.6. The van der Waals surface area contributed by atoms with Gasteiger partial charge in [-0.15, -0.1) is 0 Å². The third-order valence-corrected chi connectivity index (χ3v) is 4.64. The minimum absolute atomic E-state index is 0.0120. The second-order valence-corrected chi connectivity index (χ2v) is 6.67. The maximum atomic E-state index is 12.9. The number of benzene rings is 2. The number of halogens is 1. The fraction of sp³-hybridized carbons (Fsp3) is 0.143. The molecule has 1 aromatic heterocycles. The molecule has 1 heterocycles. The van der Waals surface area contributed by atoms with Gasteiger partial charge in [-0.05, 0) is 32.0 Å². The highest BCUT2D eigenvalue weighted by molar-refractivity contribution is 6.33. The Kier molecular flexibility index (Phi) is 5.79. The molecule has 3 rings (SSSR count). The van der Waals surface area contributed by atoms with E-state index in [2.05, 4.69) is 10.4 Å². The number of carboxylic acids is 1. The monoisotopic (exact) mass is 411 g/mol. The molecule has 0 spiro atoms. The van der Waals surface area contributed by atoms with Crippen LogP contribution in [0.25, 0.3) is 11.3 Å². The summed E-state index contributed by atoms with van der Waals surface area (Å²) in [6.07, 6.45) is 0. The van der Waals surface area contributed by atoms with Gasteiger partial charge in [0.15, 0.2) is 5.78 Å². The SMILES string of the molecule is CCn1nc(-c2ccccc2)c(C(C)=O)c(Nc2ccc(C(=O)O)cc2Cl)c1=O. The van der Waals surface area contributed by atoms with Crippen molar-refractivity contribution < 1.29 is 14.7 Å². The number of hydrogen-bond donors (Lipinski definition) is 2. The molecule has 0 fully saturated rings. The lowest BCUT2D eigenvalue weighted by Crippen LogP contribution is -2.28.